The van der Waals surface area contributed by atoms with Crippen LogP contribution in [0.5, 0.6) is 11.5 Å². The average Bonchev–Trinajstić information content (AvgIpc) is 2.77. The summed E-state index contributed by atoms with van der Waals surface area (Å²) in [5, 5.41) is 0. The lowest BCUT2D eigenvalue weighted by molar-refractivity contribution is 0.414. The number of sulfonamides is 1. The van der Waals surface area contributed by atoms with Crippen molar-refractivity contribution >= 4 is 15.6 Å². The van der Waals surface area contributed by atoms with Crippen LogP contribution in [0, 0.1) is 6.92 Å². The molecule has 6 heteroatoms. The van der Waals surface area contributed by atoms with Crippen LogP contribution in [0.4, 0.5) is 0 Å². The second kappa shape index (κ2) is 9.61. The molecular weight excluding hydrogens is 398 g/mol. The highest BCUT2D eigenvalue weighted by Crippen LogP contribution is 2.27. The van der Waals surface area contributed by atoms with Gasteiger partial charge in [0.2, 0.25) is 10.0 Å². The highest BCUT2D eigenvalue weighted by atomic mass is 32.2. The minimum Gasteiger partial charge on any atom is -0.497 e. The van der Waals surface area contributed by atoms with E-state index in [1.54, 1.807) is 38.5 Å². The summed E-state index contributed by atoms with van der Waals surface area (Å²) in [7, 11) is -0.353. The number of methoxy groups -OCH3 is 2. The Morgan fingerprint density at radius 3 is 1.70 bits per heavy atom. The molecule has 0 radical (unpaired) electrons. The smallest absolute Gasteiger partial charge is 0.240 e. The minimum atomic E-state index is -3.59. The first-order valence-corrected chi connectivity index (χ1v) is 11.0. The van der Waals surface area contributed by atoms with Crippen LogP contribution < -0.4 is 14.2 Å². The van der Waals surface area contributed by atoms with Crippen LogP contribution in [0.15, 0.2) is 83.8 Å². The molecule has 0 bridgehead atoms. The fourth-order valence-corrected chi connectivity index (χ4v) is 3.96. The molecule has 0 spiro atoms. The average molecular weight is 424 g/mol. The summed E-state index contributed by atoms with van der Waals surface area (Å²) in [6, 6.07) is 22.1. The summed E-state index contributed by atoms with van der Waals surface area (Å²) < 4.78 is 38.3. The number of hydrogen-bond acceptors (Lipinski definition) is 4. The summed E-state index contributed by atoms with van der Waals surface area (Å²) in [6.07, 6.45) is 1.87. The number of nitrogens with one attached hydrogen (secondary N) is 1. The Morgan fingerprint density at radius 1 is 0.800 bits per heavy atom. The maximum absolute atomic E-state index is 12.6. The Balaban J connectivity index is 1.88. The summed E-state index contributed by atoms with van der Waals surface area (Å²) in [5.74, 6) is 1.51. The third-order valence-electron chi connectivity index (χ3n) is 4.71. The minimum absolute atomic E-state index is 0.156. The first kappa shape index (κ1) is 21.6. The standard InChI is InChI=1S/C24H25NO4S/c1-18-4-14-23(15-5-18)30(26,27)25-17-16-24(19-6-10-21(28-2)11-7-19)20-8-12-22(29-3)13-9-20/h4-16,25H,17H2,1-3H3. The van der Waals surface area contributed by atoms with Crippen LogP contribution in [0.3, 0.4) is 0 Å². The molecule has 0 saturated carbocycles. The van der Waals surface area contributed by atoms with Crippen LogP contribution in [0.25, 0.3) is 5.57 Å². The topological polar surface area (TPSA) is 64.6 Å². The Labute approximate surface area is 178 Å². The number of hydrogen-bond donors (Lipinski definition) is 1. The molecule has 3 aromatic carbocycles. The van der Waals surface area contributed by atoms with Crippen molar-refractivity contribution in [2.45, 2.75) is 11.8 Å². The van der Waals surface area contributed by atoms with Crippen molar-refractivity contribution in [2.24, 2.45) is 0 Å². The number of ether oxygens (including phenoxy) is 2. The SMILES string of the molecule is COc1ccc(C(=CCNS(=O)(=O)c2ccc(C)cc2)c2ccc(OC)cc2)cc1. The van der Waals surface area contributed by atoms with Gasteiger partial charge in [0.05, 0.1) is 19.1 Å². The molecule has 0 atom stereocenters. The van der Waals surface area contributed by atoms with Gasteiger partial charge in [-0.05, 0) is 60.0 Å². The fourth-order valence-electron chi connectivity index (χ4n) is 3.00. The third-order valence-corrected chi connectivity index (χ3v) is 6.15. The van der Waals surface area contributed by atoms with Crippen molar-refractivity contribution in [1.29, 1.82) is 0 Å². The molecule has 0 saturated heterocycles. The Hall–Kier alpha value is -3.09. The van der Waals surface area contributed by atoms with E-state index in [1.165, 1.54) is 0 Å². The van der Waals surface area contributed by atoms with Crippen molar-refractivity contribution in [2.75, 3.05) is 20.8 Å². The number of rotatable bonds is 8. The van der Waals surface area contributed by atoms with Gasteiger partial charge in [-0.1, -0.05) is 48.0 Å². The second-order valence-electron chi connectivity index (χ2n) is 6.74. The predicted molar refractivity (Wildman–Crippen MR) is 119 cm³/mol. The van der Waals surface area contributed by atoms with E-state index in [-0.39, 0.29) is 11.4 Å². The van der Waals surface area contributed by atoms with E-state index in [1.807, 2.05) is 61.5 Å². The molecule has 3 rings (SSSR count). The lowest BCUT2D eigenvalue weighted by atomic mass is 9.97. The van der Waals surface area contributed by atoms with Crippen molar-refractivity contribution in [3.05, 3.63) is 95.6 Å². The van der Waals surface area contributed by atoms with Gasteiger partial charge in [0.1, 0.15) is 11.5 Å². The lowest BCUT2D eigenvalue weighted by Gasteiger charge is -2.12. The summed E-state index contributed by atoms with van der Waals surface area (Å²) in [4.78, 5) is 0.247. The lowest BCUT2D eigenvalue weighted by Crippen LogP contribution is -2.24. The van der Waals surface area contributed by atoms with Crippen molar-refractivity contribution in [3.63, 3.8) is 0 Å². The molecule has 0 fully saturated rings. The van der Waals surface area contributed by atoms with Crippen LogP contribution >= 0.6 is 0 Å². The van der Waals surface area contributed by atoms with Gasteiger partial charge < -0.3 is 9.47 Å². The van der Waals surface area contributed by atoms with E-state index in [0.717, 1.165) is 33.8 Å². The summed E-state index contributed by atoms with van der Waals surface area (Å²) in [5.41, 5.74) is 3.83. The van der Waals surface area contributed by atoms with Crippen molar-refractivity contribution < 1.29 is 17.9 Å². The summed E-state index contributed by atoms with van der Waals surface area (Å²) in [6.45, 7) is 2.08. The molecule has 0 aliphatic carbocycles. The fraction of sp³-hybridized carbons (Fsp3) is 0.167. The van der Waals surface area contributed by atoms with Gasteiger partial charge in [0.25, 0.3) is 0 Å². The van der Waals surface area contributed by atoms with E-state index in [0.29, 0.717) is 0 Å². The van der Waals surface area contributed by atoms with Gasteiger partial charge in [-0.25, -0.2) is 13.1 Å². The zero-order chi connectivity index (χ0) is 21.6. The van der Waals surface area contributed by atoms with E-state index in [9.17, 15) is 8.42 Å². The Morgan fingerprint density at radius 2 is 1.27 bits per heavy atom. The molecule has 156 valence electrons. The molecule has 0 aliphatic heterocycles. The van der Waals surface area contributed by atoms with Gasteiger partial charge in [0.15, 0.2) is 0 Å². The molecule has 0 amide bonds. The van der Waals surface area contributed by atoms with E-state index in [4.69, 9.17) is 9.47 Å². The number of aryl methyl sites for hydroxylation is 1. The molecule has 3 aromatic rings. The van der Waals surface area contributed by atoms with Crippen molar-refractivity contribution in [1.82, 2.24) is 4.72 Å². The van der Waals surface area contributed by atoms with Crippen LogP contribution in [-0.4, -0.2) is 29.2 Å². The number of benzene rings is 3. The normalized spacial score (nSPS) is 11.0. The molecule has 0 aliphatic rings. The van der Waals surface area contributed by atoms with Crippen LogP contribution in [0.1, 0.15) is 16.7 Å². The largest absolute Gasteiger partial charge is 0.497 e. The van der Waals surface area contributed by atoms with Gasteiger partial charge in [-0.15, -0.1) is 0 Å². The summed E-state index contributed by atoms with van der Waals surface area (Å²) >= 11 is 0. The van der Waals surface area contributed by atoms with Crippen LogP contribution in [-0.2, 0) is 10.0 Å². The van der Waals surface area contributed by atoms with Crippen molar-refractivity contribution in [3.8, 4) is 11.5 Å². The quantitative estimate of drug-likeness (QED) is 0.582. The Bertz CT molecular complexity index is 1050. The van der Waals surface area contributed by atoms with E-state index < -0.39 is 10.0 Å². The molecule has 0 heterocycles. The van der Waals surface area contributed by atoms with Gasteiger partial charge in [-0.2, -0.15) is 0 Å². The van der Waals surface area contributed by atoms with Gasteiger partial charge in [0, 0.05) is 6.54 Å². The first-order chi connectivity index (χ1) is 14.4. The zero-order valence-corrected chi connectivity index (χ0v) is 18.1. The highest BCUT2D eigenvalue weighted by Gasteiger charge is 2.13. The molecule has 30 heavy (non-hydrogen) atoms. The zero-order valence-electron chi connectivity index (χ0n) is 17.3. The maximum Gasteiger partial charge on any atom is 0.240 e. The monoisotopic (exact) mass is 423 g/mol. The van der Waals surface area contributed by atoms with E-state index in [2.05, 4.69) is 4.72 Å². The first-order valence-electron chi connectivity index (χ1n) is 9.48. The maximum atomic E-state index is 12.6. The van der Waals surface area contributed by atoms with E-state index >= 15 is 0 Å². The van der Waals surface area contributed by atoms with Gasteiger partial charge >= 0.3 is 0 Å². The molecule has 0 aromatic heterocycles. The third kappa shape index (κ3) is 5.28. The second-order valence-corrected chi connectivity index (χ2v) is 8.51. The Kier molecular flexibility index (Phi) is 6.92. The van der Waals surface area contributed by atoms with Crippen LogP contribution in [0.2, 0.25) is 0 Å². The molecule has 1 N–H and O–H groups in total. The molecule has 0 unspecified atom stereocenters. The molecular formula is C24H25NO4S. The highest BCUT2D eigenvalue weighted by molar-refractivity contribution is 7.89. The molecule has 5 nitrogen and oxygen atoms in total. The van der Waals surface area contributed by atoms with Gasteiger partial charge in [-0.3, -0.25) is 0 Å². The predicted octanol–water partition coefficient (Wildman–Crippen LogP) is 4.42.